The van der Waals surface area contributed by atoms with Gasteiger partial charge in [0.2, 0.25) is 5.91 Å². The Hall–Kier alpha value is -2.38. The van der Waals surface area contributed by atoms with E-state index in [1.165, 1.54) is 0 Å². The van der Waals surface area contributed by atoms with E-state index in [2.05, 4.69) is 15.6 Å². The lowest BCUT2D eigenvalue weighted by atomic mass is 10.2. The molecule has 26 heavy (non-hydrogen) atoms. The van der Waals surface area contributed by atoms with E-state index >= 15 is 0 Å². The zero-order valence-corrected chi connectivity index (χ0v) is 15.0. The molecule has 144 valence electrons. The van der Waals surface area contributed by atoms with Gasteiger partial charge in [-0.3, -0.25) is 4.79 Å². The highest BCUT2D eigenvalue weighted by molar-refractivity contribution is 5.86. The first-order valence-electron chi connectivity index (χ1n) is 8.88. The number of carbonyl (C=O) groups is 1. The van der Waals surface area contributed by atoms with Crippen molar-refractivity contribution in [2.45, 2.75) is 32.7 Å². The zero-order valence-electron chi connectivity index (χ0n) is 15.0. The third-order valence-electron chi connectivity index (χ3n) is 3.90. The van der Waals surface area contributed by atoms with Crippen molar-refractivity contribution in [1.82, 2.24) is 15.5 Å². The number of alkyl halides is 2. The van der Waals surface area contributed by atoms with Crippen LogP contribution >= 0.6 is 0 Å². The maximum absolute atomic E-state index is 12.2. The normalized spacial score (nSPS) is 14.6. The first-order valence-corrected chi connectivity index (χ1v) is 8.88. The summed E-state index contributed by atoms with van der Waals surface area (Å²) in [5.41, 5.74) is 0.833. The van der Waals surface area contributed by atoms with Gasteiger partial charge < -0.3 is 20.3 Å². The number of guanidine groups is 1. The molecule has 1 aromatic rings. The maximum atomic E-state index is 12.2. The molecule has 1 aromatic carbocycles. The molecule has 2 N–H and O–H groups in total. The van der Waals surface area contributed by atoms with Crippen molar-refractivity contribution in [2.24, 2.45) is 4.99 Å². The summed E-state index contributed by atoms with van der Waals surface area (Å²) in [6.45, 7) is 4.16. The minimum Gasteiger partial charge on any atom is -0.488 e. The highest BCUT2D eigenvalue weighted by atomic mass is 19.3. The summed E-state index contributed by atoms with van der Waals surface area (Å²) < 4.78 is 29.5. The number of likely N-dealkylation sites (tertiary alicyclic amines) is 1. The molecule has 1 aliphatic rings. The number of nitrogens with zero attached hydrogens (tertiary/aromatic N) is 2. The van der Waals surface area contributed by atoms with Crippen LogP contribution in [0.4, 0.5) is 8.78 Å². The molecule has 2 rings (SSSR count). The molecule has 1 saturated heterocycles. The van der Waals surface area contributed by atoms with Gasteiger partial charge in [-0.05, 0) is 37.5 Å². The van der Waals surface area contributed by atoms with Crippen molar-refractivity contribution >= 4 is 11.9 Å². The second kappa shape index (κ2) is 10.6. The first kappa shape index (κ1) is 19.9. The quantitative estimate of drug-likeness (QED) is 0.544. The van der Waals surface area contributed by atoms with Gasteiger partial charge in [0, 0.05) is 19.6 Å². The second-order valence-electron chi connectivity index (χ2n) is 5.99. The van der Waals surface area contributed by atoms with Crippen LogP contribution in [0, 0.1) is 0 Å². The highest BCUT2D eigenvalue weighted by Gasteiger charge is 2.17. The molecule has 0 aliphatic carbocycles. The zero-order chi connectivity index (χ0) is 18.8. The van der Waals surface area contributed by atoms with Crippen LogP contribution in [0.15, 0.2) is 29.3 Å². The van der Waals surface area contributed by atoms with E-state index in [-0.39, 0.29) is 12.5 Å². The van der Waals surface area contributed by atoms with E-state index in [4.69, 9.17) is 4.74 Å². The molecule has 1 amide bonds. The summed E-state index contributed by atoms with van der Waals surface area (Å²) in [7, 11) is 0. The first-order chi connectivity index (χ1) is 12.6. The number of rotatable bonds is 8. The van der Waals surface area contributed by atoms with E-state index in [1.54, 1.807) is 18.2 Å². The van der Waals surface area contributed by atoms with E-state index in [0.717, 1.165) is 31.5 Å². The van der Waals surface area contributed by atoms with Crippen LogP contribution in [0.1, 0.15) is 25.3 Å². The van der Waals surface area contributed by atoms with Crippen molar-refractivity contribution in [2.75, 3.05) is 32.8 Å². The Balaban J connectivity index is 1.89. The van der Waals surface area contributed by atoms with Gasteiger partial charge in [0.25, 0.3) is 6.43 Å². The topological polar surface area (TPSA) is 66.0 Å². The van der Waals surface area contributed by atoms with Gasteiger partial charge in [-0.25, -0.2) is 13.8 Å². The fourth-order valence-corrected chi connectivity index (χ4v) is 2.64. The summed E-state index contributed by atoms with van der Waals surface area (Å²) >= 11 is 0. The number of nitrogens with one attached hydrogen (secondary N) is 2. The number of ether oxygens (including phenoxy) is 1. The van der Waals surface area contributed by atoms with Crippen LogP contribution in [0.5, 0.6) is 5.75 Å². The average molecular weight is 368 g/mol. The molecule has 0 atom stereocenters. The summed E-state index contributed by atoms with van der Waals surface area (Å²) in [4.78, 5) is 18.4. The van der Waals surface area contributed by atoms with Gasteiger partial charge in [0.05, 0.1) is 13.1 Å². The number of hydrogen-bond acceptors (Lipinski definition) is 3. The van der Waals surface area contributed by atoms with Gasteiger partial charge >= 0.3 is 0 Å². The Labute approximate surface area is 152 Å². The lowest BCUT2D eigenvalue weighted by Gasteiger charge is -2.17. The lowest BCUT2D eigenvalue weighted by molar-refractivity contribution is -0.128. The smallest absolute Gasteiger partial charge is 0.272 e. The number of amides is 1. The van der Waals surface area contributed by atoms with E-state index in [9.17, 15) is 13.6 Å². The van der Waals surface area contributed by atoms with Crippen LogP contribution in [-0.2, 0) is 11.3 Å². The summed E-state index contributed by atoms with van der Waals surface area (Å²) in [6.07, 6.45) is -0.386. The van der Waals surface area contributed by atoms with Crippen molar-refractivity contribution in [3.63, 3.8) is 0 Å². The molecule has 1 heterocycles. The summed E-state index contributed by atoms with van der Waals surface area (Å²) in [6, 6.07) is 6.90. The SMILES string of the molecule is CCNC(=NCc1cccc(OCC(F)F)c1)NCC(=O)N1CCCC1. The van der Waals surface area contributed by atoms with Gasteiger partial charge in [0.15, 0.2) is 5.96 Å². The molecule has 8 heteroatoms. The van der Waals surface area contributed by atoms with Crippen LogP contribution in [0.2, 0.25) is 0 Å². The number of hydrogen-bond donors (Lipinski definition) is 2. The second-order valence-corrected chi connectivity index (χ2v) is 5.99. The van der Waals surface area contributed by atoms with Crippen LogP contribution in [-0.4, -0.2) is 56.0 Å². The molecule has 0 aromatic heterocycles. The molecule has 0 spiro atoms. The van der Waals surface area contributed by atoms with Crippen LogP contribution in [0.3, 0.4) is 0 Å². The van der Waals surface area contributed by atoms with Gasteiger partial charge in [0.1, 0.15) is 12.4 Å². The number of carbonyl (C=O) groups excluding carboxylic acids is 1. The molecule has 0 saturated carbocycles. The maximum Gasteiger partial charge on any atom is 0.272 e. The van der Waals surface area contributed by atoms with Crippen LogP contribution in [0.25, 0.3) is 0 Å². The fraction of sp³-hybridized carbons (Fsp3) is 0.556. The standard InChI is InChI=1S/C18H26F2N4O2/c1-2-21-18(23-12-17(25)24-8-3-4-9-24)22-11-14-6-5-7-15(10-14)26-13-16(19)20/h5-7,10,16H,2-4,8-9,11-13H2,1H3,(H2,21,22,23). The molecular weight excluding hydrogens is 342 g/mol. The summed E-state index contributed by atoms with van der Waals surface area (Å²) in [5, 5.41) is 6.13. The number of benzene rings is 1. The molecule has 0 radical (unpaired) electrons. The Bertz CT molecular complexity index is 605. The predicted molar refractivity (Wildman–Crippen MR) is 96.6 cm³/mol. The van der Waals surface area contributed by atoms with Crippen molar-refractivity contribution in [3.8, 4) is 5.75 Å². The molecule has 6 nitrogen and oxygen atoms in total. The predicted octanol–water partition coefficient (Wildman–Crippen LogP) is 2.01. The molecule has 1 aliphatic heterocycles. The number of halogens is 2. The fourth-order valence-electron chi connectivity index (χ4n) is 2.64. The Morgan fingerprint density at radius 1 is 1.31 bits per heavy atom. The third kappa shape index (κ3) is 6.85. The summed E-state index contributed by atoms with van der Waals surface area (Å²) in [5.74, 6) is 0.995. The third-order valence-corrected chi connectivity index (χ3v) is 3.90. The van der Waals surface area contributed by atoms with Gasteiger partial charge in [-0.2, -0.15) is 0 Å². The minimum absolute atomic E-state index is 0.0653. The Kier molecular flexibility index (Phi) is 8.11. The molecule has 0 unspecified atom stereocenters. The molecule has 0 bridgehead atoms. The Morgan fingerprint density at radius 3 is 2.77 bits per heavy atom. The minimum atomic E-state index is -2.51. The van der Waals surface area contributed by atoms with Gasteiger partial charge in [-0.15, -0.1) is 0 Å². The molecule has 1 fully saturated rings. The van der Waals surface area contributed by atoms with Crippen molar-refractivity contribution in [1.29, 1.82) is 0 Å². The monoisotopic (exact) mass is 368 g/mol. The van der Waals surface area contributed by atoms with Crippen molar-refractivity contribution < 1.29 is 18.3 Å². The lowest BCUT2D eigenvalue weighted by Crippen LogP contribution is -2.44. The van der Waals surface area contributed by atoms with Gasteiger partial charge in [-0.1, -0.05) is 12.1 Å². The van der Waals surface area contributed by atoms with Crippen LogP contribution < -0.4 is 15.4 Å². The highest BCUT2D eigenvalue weighted by Crippen LogP contribution is 2.15. The van der Waals surface area contributed by atoms with E-state index < -0.39 is 13.0 Å². The number of aliphatic imine (C=N–C) groups is 1. The van der Waals surface area contributed by atoms with E-state index in [1.807, 2.05) is 17.9 Å². The molecular formula is C18H26F2N4O2. The largest absolute Gasteiger partial charge is 0.488 e. The average Bonchev–Trinajstić information content (AvgIpc) is 3.17. The Morgan fingerprint density at radius 2 is 2.08 bits per heavy atom. The van der Waals surface area contributed by atoms with E-state index in [0.29, 0.717) is 24.8 Å². The van der Waals surface area contributed by atoms with Crippen molar-refractivity contribution in [3.05, 3.63) is 29.8 Å².